The van der Waals surface area contributed by atoms with Crippen LogP contribution in [0.5, 0.6) is 11.5 Å². The highest BCUT2D eigenvalue weighted by molar-refractivity contribution is 5.92. The molecule has 3 nitrogen and oxygen atoms in total. The van der Waals surface area contributed by atoms with E-state index in [1.807, 2.05) is 0 Å². The average Bonchev–Trinajstić information content (AvgIpc) is 2.77. The van der Waals surface area contributed by atoms with E-state index < -0.39 is 69.9 Å². The van der Waals surface area contributed by atoms with Gasteiger partial charge in [-0.15, -0.1) is 0 Å². The van der Waals surface area contributed by atoms with E-state index in [-0.39, 0.29) is 12.1 Å². The molecule has 0 saturated heterocycles. The number of ether oxygens (including phenoxy) is 2. The molecule has 3 rings (SSSR count). The molecule has 0 heterocycles. The van der Waals surface area contributed by atoms with Gasteiger partial charge in [-0.25, -0.2) is 26.7 Å². The topological polar surface area (TPSA) is 35.5 Å². The summed E-state index contributed by atoms with van der Waals surface area (Å²) in [7, 11) is 0. The van der Waals surface area contributed by atoms with Gasteiger partial charge >= 0.3 is 5.97 Å². The summed E-state index contributed by atoms with van der Waals surface area (Å²) < 4.78 is 107. The molecule has 1 unspecified atom stereocenters. The maximum absolute atomic E-state index is 14.5. The van der Waals surface area contributed by atoms with Crippen LogP contribution in [-0.4, -0.2) is 5.97 Å². The minimum absolute atomic E-state index is 0.124. The molecule has 0 aromatic heterocycles. The lowest BCUT2D eigenvalue weighted by Gasteiger charge is -2.18. The number of rotatable bonds is 6. The molecule has 0 aliphatic carbocycles. The van der Waals surface area contributed by atoms with Crippen molar-refractivity contribution in [3.8, 4) is 11.5 Å². The van der Waals surface area contributed by atoms with Crippen molar-refractivity contribution in [1.82, 2.24) is 0 Å². The lowest BCUT2D eigenvalue weighted by atomic mass is 10.1. The molecule has 1 atom stereocenters. The van der Waals surface area contributed by atoms with Gasteiger partial charge in [0.1, 0.15) is 17.5 Å². The summed E-state index contributed by atoms with van der Waals surface area (Å²) in [6.07, 6.45) is 0.466. The Morgan fingerprint density at radius 3 is 1.85 bits per heavy atom. The highest BCUT2D eigenvalue weighted by atomic mass is 19.2. The summed E-state index contributed by atoms with van der Waals surface area (Å²) in [5, 5.41) is 0. The molecular formula is C23H13F7O3. The zero-order valence-corrected chi connectivity index (χ0v) is 16.7. The largest absolute Gasteiger partial charge is 0.480 e. The minimum Gasteiger partial charge on any atom is -0.480 e. The van der Waals surface area contributed by atoms with Gasteiger partial charge in [-0.1, -0.05) is 36.9 Å². The van der Waals surface area contributed by atoms with Crippen LogP contribution >= 0.6 is 0 Å². The second-order valence-corrected chi connectivity index (χ2v) is 6.68. The molecule has 3 aromatic rings. The summed E-state index contributed by atoms with van der Waals surface area (Å²) >= 11 is 0. The third-order valence-electron chi connectivity index (χ3n) is 4.52. The van der Waals surface area contributed by atoms with Crippen molar-refractivity contribution in [3.05, 3.63) is 100 Å². The Kier molecular flexibility index (Phi) is 6.75. The van der Waals surface area contributed by atoms with Crippen molar-refractivity contribution < 1.29 is 45.0 Å². The number of carbonyl (C=O) groups excluding carboxylic acids is 1. The first kappa shape index (κ1) is 23.8. The number of hydrogen-bond donors (Lipinski definition) is 0. The lowest BCUT2D eigenvalue weighted by molar-refractivity contribution is 0.0705. The first-order chi connectivity index (χ1) is 15.5. The zero-order chi connectivity index (χ0) is 24.4. The fourth-order valence-electron chi connectivity index (χ4n) is 2.81. The van der Waals surface area contributed by atoms with Crippen molar-refractivity contribution in [2.24, 2.45) is 0 Å². The van der Waals surface area contributed by atoms with Crippen LogP contribution in [0.3, 0.4) is 0 Å². The van der Waals surface area contributed by atoms with Gasteiger partial charge in [-0.3, -0.25) is 0 Å². The Hall–Kier alpha value is -3.82. The van der Waals surface area contributed by atoms with E-state index in [1.165, 1.54) is 19.1 Å². The summed E-state index contributed by atoms with van der Waals surface area (Å²) in [5.74, 6) is -18.5. The van der Waals surface area contributed by atoms with Crippen LogP contribution in [0.2, 0.25) is 0 Å². The van der Waals surface area contributed by atoms with Crippen molar-refractivity contribution >= 4 is 12.0 Å². The van der Waals surface area contributed by atoms with Crippen LogP contribution in [0.4, 0.5) is 30.7 Å². The number of hydrogen-bond acceptors (Lipinski definition) is 3. The summed E-state index contributed by atoms with van der Waals surface area (Å²) in [6.45, 7) is 4.92. The molecule has 0 N–H and O–H groups in total. The monoisotopic (exact) mass is 470 g/mol. The normalized spacial score (nSPS) is 11.8. The summed E-state index contributed by atoms with van der Waals surface area (Å²) in [6, 6.07) is 6.54. The predicted octanol–water partition coefficient (Wildman–Crippen LogP) is 6.66. The summed E-state index contributed by atoms with van der Waals surface area (Å²) in [4.78, 5) is 12.1. The van der Waals surface area contributed by atoms with Gasteiger partial charge in [-0.2, -0.15) is 8.78 Å². The van der Waals surface area contributed by atoms with Gasteiger partial charge in [0.15, 0.2) is 29.0 Å². The van der Waals surface area contributed by atoms with Gasteiger partial charge in [0.25, 0.3) is 0 Å². The van der Waals surface area contributed by atoms with E-state index in [0.29, 0.717) is 5.56 Å². The van der Waals surface area contributed by atoms with Crippen molar-refractivity contribution in [1.29, 1.82) is 0 Å². The van der Waals surface area contributed by atoms with Gasteiger partial charge in [0, 0.05) is 12.1 Å². The highest BCUT2D eigenvalue weighted by Crippen LogP contribution is 2.34. The molecule has 3 aromatic carbocycles. The molecule has 0 aliphatic heterocycles. The first-order valence-electron chi connectivity index (χ1n) is 9.16. The molecule has 0 saturated carbocycles. The Morgan fingerprint density at radius 2 is 1.36 bits per heavy atom. The van der Waals surface area contributed by atoms with E-state index in [4.69, 9.17) is 4.74 Å². The molecule has 33 heavy (non-hydrogen) atoms. The van der Waals surface area contributed by atoms with E-state index in [9.17, 15) is 35.5 Å². The number of esters is 1. The van der Waals surface area contributed by atoms with E-state index in [1.54, 1.807) is 18.2 Å². The summed E-state index contributed by atoms with van der Waals surface area (Å²) in [5.41, 5.74) is -0.772. The quantitative estimate of drug-likeness (QED) is 0.175. The maximum atomic E-state index is 14.5. The van der Waals surface area contributed by atoms with E-state index >= 15 is 0 Å². The van der Waals surface area contributed by atoms with Crippen LogP contribution in [-0.2, 0) is 0 Å². The Morgan fingerprint density at radius 1 is 0.848 bits per heavy atom. The van der Waals surface area contributed by atoms with Crippen molar-refractivity contribution in [2.75, 3.05) is 0 Å². The molecule has 172 valence electrons. The van der Waals surface area contributed by atoms with E-state index in [2.05, 4.69) is 11.3 Å². The van der Waals surface area contributed by atoms with Gasteiger partial charge in [0.2, 0.25) is 17.4 Å². The van der Waals surface area contributed by atoms with E-state index in [0.717, 1.165) is 5.56 Å². The number of carbonyl (C=O) groups is 1. The minimum atomic E-state index is -2.22. The SMILES string of the molecule is C=Cc1ccc(C(C)Oc2c(F)c(F)c(C(=O)Oc3c(F)cc(F)cc3F)c(F)c2F)cc1. The predicted molar refractivity (Wildman–Crippen MR) is 103 cm³/mol. The van der Waals surface area contributed by atoms with Crippen LogP contribution in [0.25, 0.3) is 6.08 Å². The van der Waals surface area contributed by atoms with Crippen LogP contribution < -0.4 is 9.47 Å². The van der Waals surface area contributed by atoms with Crippen LogP contribution in [0, 0.1) is 40.7 Å². The Bertz CT molecular complexity index is 1190. The number of benzene rings is 3. The smallest absolute Gasteiger partial charge is 0.349 e. The molecule has 10 heteroatoms. The Balaban J connectivity index is 1.95. The molecule has 0 amide bonds. The second-order valence-electron chi connectivity index (χ2n) is 6.68. The van der Waals surface area contributed by atoms with Gasteiger partial charge in [-0.05, 0) is 18.1 Å². The molecular weight excluding hydrogens is 457 g/mol. The molecule has 0 radical (unpaired) electrons. The number of halogens is 7. The molecule has 0 bridgehead atoms. The third-order valence-corrected chi connectivity index (χ3v) is 4.52. The maximum Gasteiger partial charge on any atom is 0.349 e. The zero-order valence-electron chi connectivity index (χ0n) is 16.7. The fourth-order valence-corrected chi connectivity index (χ4v) is 2.81. The van der Waals surface area contributed by atoms with Crippen LogP contribution in [0.15, 0.2) is 43.0 Å². The van der Waals surface area contributed by atoms with Crippen molar-refractivity contribution in [2.45, 2.75) is 13.0 Å². The van der Waals surface area contributed by atoms with Gasteiger partial charge < -0.3 is 9.47 Å². The van der Waals surface area contributed by atoms with Crippen molar-refractivity contribution in [3.63, 3.8) is 0 Å². The fraction of sp³-hybridized carbons (Fsp3) is 0.0870. The molecule has 0 fully saturated rings. The average molecular weight is 470 g/mol. The van der Waals surface area contributed by atoms with Crippen LogP contribution in [0.1, 0.15) is 34.5 Å². The highest BCUT2D eigenvalue weighted by Gasteiger charge is 2.33. The lowest BCUT2D eigenvalue weighted by Crippen LogP contribution is -2.19. The van der Waals surface area contributed by atoms with Gasteiger partial charge in [0.05, 0.1) is 0 Å². The Labute approximate surface area is 182 Å². The molecule has 0 aliphatic rings. The third kappa shape index (κ3) is 4.69. The first-order valence-corrected chi connectivity index (χ1v) is 9.16. The second kappa shape index (κ2) is 9.35. The molecule has 0 spiro atoms. The standard InChI is InChI=1S/C23H13F7O3/c1-3-11-4-6-12(7-5-11)10(2)32-22-19(29)17(27)16(18(28)20(22)30)23(31)33-21-14(25)8-13(24)9-15(21)26/h3-10H,1H2,2H3.